The first-order valence-electron chi connectivity index (χ1n) is 6.62. The molecule has 1 saturated carbocycles. The van der Waals surface area contributed by atoms with E-state index in [-0.39, 0.29) is 5.75 Å². The summed E-state index contributed by atoms with van der Waals surface area (Å²) >= 11 is 7.28. The molecule has 0 spiro atoms. The largest absolute Gasteiger partial charge is 0.481 e. The molecule has 1 aliphatic carbocycles. The minimum Gasteiger partial charge on any atom is -0.481 e. The van der Waals surface area contributed by atoms with Gasteiger partial charge in [-0.15, -0.1) is 10.2 Å². The zero-order chi connectivity index (χ0) is 15.0. The predicted molar refractivity (Wildman–Crippen MR) is 81.4 cm³/mol. The average molecular weight is 324 g/mol. The molecular weight excluding hydrogens is 310 g/mol. The normalized spacial score (nSPS) is 14.4. The Hall–Kier alpha value is -1.53. The highest BCUT2D eigenvalue weighted by molar-refractivity contribution is 7.99. The SMILES string of the molecule is Cc1ccc(Cl)cc1-n1c(SCC(=O)O)nnc1C1CC1. The molecule has 7 heteroatoms. The van der Waals surface area contributed by atoms with Crippen LogP contribution in [0.3, 0.4) is 0 Å². The first-order chi connectivity index (χ1) is 10.1. The number of carboxylic acid groups (broad SMARTS) is 1. The van der Waals surface area contributed by atoms with Crippen LogP contribution in [0.25, 0.3) is 5.69 Å². The Kier molecular flexibility index (Phi) is 3.91. The lowest BCUT2D eigenvalue weighted by Gasteiger charge is -2.12. The third-order valence-electron chi connectivity index (χ3n) is 3.34. The summed E-state index contributed by atoms with van der Waals surface area (Å²) in [7, 11) is 0. The summed E-state index contributed by atoms with van der Waals surface area (Å²) in [5.41, 5.74) is 1.97. The summed E-state index contributed by atoms with van der Waals surface area (Å²) in [6, 6.07) is 5.66. The molecule has 3 rings (SSSR count). The Labute approximate surface area is 131 Å². The third-order valence-corrected chi connectivity index (χ3v) is 4.49. The Balaban J connectivity index is 2.07. The number of aromatic nitrogens is 3. The van der Waals surface area contributed by atoms with Crippen molar-refractivity contribution in [1.29, 1.82) is 0 Å². The molecule has 1 aromatic carbocycles. The summed E-state index contributed by atoms with van der Waals surface area (Å²) < 4.78 is 1.95. The zero-order valence-electron chi connectivity index (χ0n) is 11.4. The number of nitrogens with zero attached hydrogens (tertiary/aromatic N) is 3. The second kappa shape index (κ2) is 5.69. The Morgan fingerprint density at radius 1 is 1.48 bits per heavy atom. The monoisotopic (exact) mass is 323 g/mol. The van der Waals surface area contributed by atoms with Crippen molar-refractivity contribution in [3.63, 3.8) is 0 Å². The summed E-state index contributed by atoms with van der Waals surface area (Å²) in [5.74, 6) is 0.399. The molecule has 0 amide bonds. The molecule has 1 N–H and O–H groups in total. The van der Waals surface area contributed by atoms with E-state index in [1.807, 2.05) is 29.7 Å². The van der Waals surface area contributed by atoms with Gasteiger partial charge in [-0.2, -0.15) is 0 Å². The highest BCUT2D eigenvalue weighted by Crippen LogP contribution is 2.41. The first-order valence-corrected chi connectivity index (χ1v) is 7.99. The molecule has 0 atom stereocenters. The van der Waals surface area contributed by atoms with E-state index in [1.54, 1.807) is 0 Å². The fraction of sp³-hybridized carbons (Fsp3) is 0.357. The maximum atomic E-state index is 10.8. The number of rotatable bonds is 5. The van der Waals surface area contributed by atoms with Crippen LogP contribution < -0.4 is 0 Å². The predicted octanol–water partition coefficient (Wildman–Crippen LogP) is 3.28. The lowest BCUT2D eigenvalue weighted by atomic mass is 10.2. The molecule has 0 radical (unpaired) electrons. The molecular formula is C14H14ClN3O2S. The topological polar surface area (TPSA) is 68.0 Å². The van der Waals surface area contributed by atoms with Crippen LogP contribution in [-0.4, -0.2) is 31.6 Å². The van der Waals surface area contributed by atoms with Gasteiger partial charge < -0.3 is 5.11 Å². The molecule has 0 unspecified atom stereocenters. The number of thioether (sulfide) groups is 1. The molecule has 1 aliphatic rings. The molecule has 0 aliphatic heterocycles. The van der Waals surface area contributed by atoms with Gasteiger partial charge in [0.25, 0.3) is 0 Å². The maximum Gasteiger partial charge on any atom is 0.313 e. The van der Waals surface area contributed by atoms with Gasteiger partial charge in [0.15, 0.2) is 5.16 Å². The number of benzene rings is 1. The van der Waals surface area contributed by atoms with Crippen molar-refractivity contribution in [3.05, 3.63) is 34.6 Å². The van der Waals surface area contributed by atoms with Gasteiger partial charge in [-0.3, -0.25) is 9.36 Å². The summed E-state index contributed by atoms with van der Waals surface area (Å²) in [6.45, 7) is 1.99. The zero-order valence-corrected chi connectivity index (χ0v) is 13.0. The van der Waals surface area contributed by atoms with E-state index >= 15 is 0 Å². The van der Waals surface area contributed by atoms with E-state index in [0.29, 0.717) is 16.1 Å². The molecule has 1 fully saturated rings. The Bertz CT molecular complexity index is 698. The number of halogens is 1. The van der Waals surface area contributed by atoms with Crippen molar-refractivity contribution in [3.8, 4) is 5.69 Å². The van der Waals surface area contributed by atoms with Crippen molar-refractivity contribution in [2.45, 2.75) is 30.8 Å². The van der Waals surface area contributed by atoms with Gasteiger partial charge >= 0.3 is 5.97 Å². The minimum absolute atomic E-state index is 0.0393. The minimum atomic E-state index is -0.870. The lowest BCUT2D eigenvalue weighted by molar-refractivity contribution is -0.133. The van der Waals surface area contributed by atoms with Gasteiger partial charge in [-0.1, -0.05) is 29.4 Å². The number of carboxylic acids is 1. The number of hydrogen-bond acceptors (Lipinski definition) is 4. The van der Waals surface area contributed by atoms with Gasteiger partial charge in [-0.05, 0) is 37.5 Å². The quantitative estimate of drug-likeness (QED) is 0.855. The Morgan fingerprint density at radius 3 is 2.90 bits per heavy atom. The average Bonchev–Trinajstić information content (AvgIpc) is 3.20. The molecule has 2 aromatic rings. The van der Waals surface area contributed by atoms with E-state index in [9.17, 15) is 4.79 Å². The van der Waals surface area contributed by atoms with Crippen molar-refractivity contribution >= 4 is 29.3 Å². The van der Waals surface area contributed by atoms with Crippen LogP contribution in [0.5, 0.6) is 0 Å². The maximum absolute atomic E-state index is 10.8. The fourth-order valence-corrected chi connectivity index (χ4v) is 3.00. The van der Waals surface area contributed by atoms with E-state index in [4.69, 9.17) is 16.7 Å². The molecule has 110 valence electrons. The molecule has 1 heterocycles. The summed E-state index contributed by atoms with van der Waals surface area (Å²) in [6.07, 6.45) is 2.20. The van der Waals surface area contributed by atoms with Crippen LogP contribution in [0.15, 0.2) is 23.4 Å². The van der Waals surface area contributed by atoms with E-state index < -0.39 is 5.97 Å². The van der Waals surface area contributed by atoms with Gasteiger partial charge in [0.05, 0.1) is 11.4 Å². The molecule has 21 heavy (non-hydrogen) atoms. The van der Waals surface area contributed by atoms with E-state index in [0.717, 1.165) is 29.9 Å². The molecule has 0 saturated heterocycles. The molecule has 5 nitrogen and oxygen atoms in total. The fourth-order valence-electron chi connectivity index (χ4n) is 2.16. The van der Waals surface area contributed by atoms with Crippen LogP contribution >= 0.6 is 23.4 Å². The summed E-state index contributed by atoms with van der Waals surface area (Å²) in [4.78, 5) is 10.8. The second-order valence-corrected chi connectivity index (χ2v) is 6.44. The molecule has 1 aromatic heterocycles. The Morgan fingerprint density at radius 2 is 2.24 bits per heavy atom. The van der Waals surface area contributed by atoms with Crippen molar-refractivity contribution in [1.82, 2.24) is 14.8 Å². The number of aliphatic carboxylic acids is 1. The van der Waals surface area contributed by atoms with Crippen LogP contribution in [0, 0.1) is 6.92 Å². The van der Waals surface area contributed by atoms with Gasteiger partial charge in [0.1, 0.15) is 5.82 Å². The van der Waals surface area contributed by atoms with E-state index in [2.05, 4.69) is 10.2 Å². The standard InChI is InChI=1S/C14H14ClN3O2S/c1-8-2-5-10(15)6-11(8)18-13(9-3-4-9)16-17-14(18)21-7-12(19)20/h2,5-6,9H,3-4,7H2,1H3,(H,19,20). The van der Waals surface area contributed by atoms with E-state index in [1.165, 1.54) is 11.8 Å². The van der Waals surface area contributed by atoms with Crippen molar-refractivity contribution in [2.24, 2.45) is 0 Å². The number of aryl methyl sites for hydroxylation is 1. The van der Waals surface area contributed by atoms with Crippen molar-refractivity contribution in [2.75, 3.05) is 5.75 Å². The van der Waals surface area contributed by atoms with Crippen LogP contribution in [0.4, 0.5) is 0 Å². The first kappa shape index (κ1) is 14.4. The lowest BCUT2D eigenvalue weighted by Crippen LogP contribution is -2.05. The number of hydrogen-bond donors (Lipinski definition) is 1. The van der Waals surface area contributed by atoms with Crippen LogP contribution in [-0.2, 0) is 4.79 Å². The van der Waals surface area contributed by atoms with Crippen molar-refractivity contribution < 1.29 is 9.90 Å². The van der Waals surface area contributed by atoms with Crippen LogP contribution in [0.1, 0.15) is 30.1 Å². The number of carbonyl (C=O) groups is 1. The highest BCUT2D eigenvalue weighted by Gasteiger charge is 2.31. The smallest absolute Gasteiger partial charge is 0.313 e. The van der Waals surface area contributed by atoms with Crippen LogP contribution in [0.2, 0.25) is 5.02 Å². The molecule has 0 bridgehead atoms. The summed E-state index contributed by atoms with van der Waals surface area (Å²) in [5, 5.41) is 18.5. The third kappa shape index (κ3) is 3.06. The second-order valence-electron chi connectivity index (χ2n) is 5.06. The highest BCUT2D eigenvalue weighted by atomic mass is 35.5. The van der Waals surface area contributed by atoms with Gasteiger partial charge in [0, 0.05) is 10.9 Å². The van der Waals surface area contributed by atoms with Gasteiger partial charge in [-0.25, -0.2) is 0 Å². The van der Waals surface area contributed by atoms with Gasteiger partial charge in [0.2, 0.25) is 0 Å².